The Kier molecular flexibility index (Phi) is 3.52. The van der Waals surface area contributed by atoms with Gasteiger partial charge < -0.3 is 10.5 Å². The monoisotopic (exact) mass is 254 g/mol. The molecule has 7 heteroatoms. The van der Waals surface area contributed by atoms with Gasteiger partial charge in [-0.3, -0.25) is 0 Å². The molecule has 1 aromatic heterocycles. The summed E-state index contributed by atoms with van der Waals surface area (Å²) in [4.78, 5) is 3.48. The first-order valence-electron chi connectivity index (χ1n) is 4.41. The summed E-state index contributed by atoms with van der Waals surface area (Å²) < 4.78 is 42.7. The van der Waals surface area contributed by atoms with Crippen LogP contribution in [0.1, 0.15) is 19.4 Å². The molecule has 0 amide bonds. The first-order chi connectivity index (χ1) is 7.21. The molecule has 0 radical (unpaired) electrons. The van der Waals surface area contributed by atoms with Crippen LogP contribution in [0.25, 0.3) is 0 Å². The van der Waals surface area contributed by atoms with Crippen molar-refractivity contribution in [3.63, 3.8) is 0 Å². The standard InChI is InChI=1S/C9H10ClF3N2O/c1-4(2)16-8-5(9(11,12)13)3-6(10)7(14)15-8/h3-4H,1-2H3,(H2,14,15). The van der Waals surface area contributed by atoms with Gasteiger partial charge in [0, 0.05) is 0 Å². The van der Waals surface area contributed by atoms with Crippen LogP contribution in [-0.2, 0) is 6.18 Å². The number of hydrogen-bond acceptors (Lipinski definition) is 3. The number of alkyl halides is 3. The summed E-state index contributed by atoms with van der Waals surface area (Å²) in [7, 11) is 0. The van der Waals surface area contributed by atoms with E-state index in [1.807, 2.05) is 0 Å². The summed E-state index contributed by atoms with van der Waals surface area (Å²) >= 11 is 5.49. The van der Waals surface area contributed by atoms with Crippen LogP contribution in [0.5, 0.6) is 5.88 Å². The molecule has 1 rings (SSSR count). The molecule has 0 fully saturated rings. The summed E-state index contributed by atoms with van der Waals surface area (Å²) in [5.74, 6) is -0.741. The van der Waals surface area contributed by atoms with Crippen molar-refractivity contribution in [2.45, 2.75) is 26.1 Å². The number of nitrogen functional groups attached to an aromatic ring is 1. The Balaban J connectivity index is 3.28. The molecule has 0 bridgehead atoms. The first-order valence-corrected chi connectivity index (χ1v) is 4.79. The summed E-state index contributed by atoms with van der Waals surface area (Å²) in [6.45, 7) is 3.18. The maximum atomic E-state index is 12.6. The van der Waals surface area contributed by atoms with Gasteiger partial charge in [0.2, 0.25) is 5.88 Å². The fourth-order valence-corrected chi connectivity index (χ4v) is 1.15. The van der Waals surface area contributed by atoms with Crippen LogP contribution < -0.4 is 10.5 Å². The zero-order valence-corrected chi connectivity index (χ0v) is 9.36. The van der Waals surface area contributed by atoms with Crippen LogP contribution in [0.2, 0.25) is 5.02 Å². The quantitative estimate of drug-likeness (QED) is 0.882. The van der Waals surface area contributed by atoms with Gasteiger partial charge in [0.15, 0.2) is 0 Å². The minimum atomic E-state index is -4.57. The van der Waals surface area contributed by atoms with Crippen molar-refractivity contribution in [2.75, 3.05) is 5.73 Å². The molecule has 0 spiro atoms. The fraction of sp³-hybridized carbons (Fsp3) is 0.444. The van der Waals surface area contributed by atoms with Gasteiger partial charge in [-0.15, -0.1) is 0 Å². The lowest BCUT2D eigenvalue weighted by Gasteiger charge is -2.15. The van der Waals surface area contributed by atoms with Crippen molar-refractivity contribution in [2.24, 2.45) is 0 Å². The Hall–Kier alpha value is -1.17. The Bertz CT molecular complexity index is 393. The maximum Gasteiger partial charge on any atom is 0.421 e. The van der Waals surface area contributed by atoms with Gasteiger partial charge in [-0.2, -0.15) is 18.2 Å². The average Bonchev–Trinajstić information content (AvgIpc) is 2.08. The molecule has 0 aliphatic rings. The summed E-state index contributed by atoms with van der Waals surface area (Å²) in [6.07, 6.45) is -5.01. The zero-order valence-electron chi connectivity index (χ0n) is 8.60. The van der Waals surface area contributed by atoms with Crippen molar-refractivity contribution in [1.82, 2.24) is 4.98 Å². The number of aromatic nitrogens is 1. The van der Waals surface area contributed by atoms with E-state index in [2.05, 4.69) is 4.98 Å². The van der Waals surface area contributed by atoms with E-state index in [-0.39, 0.29) is 10.8 Å². The van der Waals surface area contributed by atoms with Crippen molar-refractivity contribution < 1.29 is 17.9 Å². The van der Waals surface area contributed by atoms with E-state index < -0.39 is 23.7 Å². The van der Waals surface area contributed by atoms with E-state index in [0.29, 0.717) is 6.07 Å². The third kappa shape index (κ3) is 2.91. The number of anilines is 1. The number of ether oxygens (including phenoxy) is 1. The van der Waals surface area contributed by atoms with Crippen LogP contribution in [0.3, 0.4) is 0 Å². The SMILES string of the molecule is CC(C)Oc1nc(N)c(Cl)cc1C(F)(F)F. The molecule has 0 saturated carbocycles. The predicted molar refractivity (Wildman–Crippen MR) is 54.4 cm³/mol. The molecule has 0 unspecified atom stereocenters. The number of nitrogens with two attached hydrogens (primary N) is 1. The molecule has 2 N–H and O–H groups in total. The van der Waals surface area contributed by atoms with Crippen LogP contribution in [0.15, 0.2) is 6.07 Å². The summed E-state index contributed by atoms with van der Waals surface area (Å²) in [6, 6.07) is 0.710. The molecule has 1 heterocycles. The van der Waals surface area contributed by atoms with Crippen LogP contribution in [0, 0.1) is 0 Å². The zero-order chi connectivity index (χ0) is 12.5. The van der Waals surface area contributed by atoms with E-state index >= 15 is 0 Å². The van der Waals surface area contributed by atoms with Gasteiger partial charge in [0.05, 0.1) is 11.1 Å². The second-order valence-electron chi connectivity index (χ2n) is 3.37. The average molecular weight is 255 g/mol. The molecular formula is C9H10ClF3N2O. The predicted octanol–water partition coefficient (Wildman–Crippen LogP) is 3.12. The van der Waals surface area contributed by atoms with Gasteiger partial charge in [0.1, 0.15) is 11.4 Å². The molecule has 3 nitrogen and oxygen atoms in total. The normalized spacial score (nSPS) is 11.9. The number of nitrogens with zero attached hydrogens (tertiary/aromatic N) is 1. The maximum absolute atomic E-state index is 12.6. The molecule has 0 aromatic carbocycles. The molecule has 1 aromatic rings. The Morgan fingerprint density at radius 1 is 1.44 bits per heavy atom. The minimum Gasteiger partial charge on any atom is -0.474 e. The second-order valence-corrected chi connectivity index (χ2v) is 3.78. The highest BCUT2D eigenvalue weighted by Crippen LogP contribution is 2.38. The van der Waals surface area contributed by atoms with Crippen molar-refractivity contribution in [3.05, 3.63) is 16.7 Å². The van der Waals surface area contributed by atoms with E-state index in [1.165, 1.54) is 0 Å². The molecule has 16 heavy (non-hydrogen) atoms. The number of hydrogen-bond donors (Lipinski definition) is 1. The highest BCUT2D eigenvalue weighted by Gasteiger charge is 2.36. The lowest BCUT2D eigenvalue weighted by molar-refractivity contribution is -0.139. The van der Waals surface area contributed by atoms with E-state index in [1.54, 1.807) is 13.8 Å². The van der Waals surface area contributed by atoms with Crippen molar-refractivity contribution in [3.8, 4) is 5.88 Å². The topological polar surface area (TPSA) is 48.1 Å². The van der Waals surface area contributed by atoms with Gasteiger partial charge >= 0.3 is 6.18 Å². The van der Waals surface area contributed by atoms with E-state index in [0.717, 1.165) is 0 Å². The molecule has 90 valence electrons. The number of halogens is 4. The summed E-state index contributed by atoms with van der Waals surface area (Å²) in [5, 5.41) is -0.247. The van der Waals surface area contributed by atoms with Crippen molar-refractivity contribution >= 4 is 17.4 Å². The third-order valence-corrected chi connectivity index (χ3v) is 1.92. The van der Waals surface area contributed by atoms with E-state index in [4.69, 9.17) is 22.1 Å². The molecular weight excluding hydrogens is 245 g/mol. The molecule has 0 aliphatic heterocycles. The molecule has 0 saturated heterocycles. The smallest absolute Gasteiger partial charge is 0.421 e. The molecule has 0 atom stereocenters. The van der Waals surface area contributed by atoms with Crippen LogP contribution >= 0.6 is 11.6 Å². The lowest BCUT2D eigenvalue weighted by Crippen LogP contribution is -2.15. The number of rotatable bonds is 2. The Morgan fingerprint density at radius 3 is 2.44 bits per heavy atom. The lowest BCUT2D eigenvalue weighted by atomic mass is 10.2. The van der Waals surface area contributed by atoms with Gasteiger partial charge in [-0.25, -0.2) is 0 Å². The van der Waals surface area contributed by atoms with Gasteiger partial charge in [0.25, 0.3) is 0 Å². The summed E-state index contributed by atoms with van der Waals surface area (Å²) in [5.41, 5.74) is 4.29. The second kappa shape index (κ2) is 4.37. The molecule has 0 aliphatic carbocycles. The van der Waals surface area contributed by atoms with Crippen molar-refractivity contribution in [1.29, 1.82) is 0 Å². The highest BCUT2D eigenvalue weighted by molar-refractivity contribution is 6.32. The third-order valence-electron chi connectivity index (χ3n) is 1.62. The Labute approximate surface area is 95.4 Å². The fourth-order valence-electron chi connectivity index (χ4n) is 1.00. The first kappa shape index (κ1) is 12.9. The largest absolute Gasteiger partial charge is 0.474 e. The van der Waals surface area contributed by atoms with Gasteiger partial charge in [-0.1, -0.05) is 11.6 Å². The van der Waals surface area contributed by atoms with Gasteiger partial charge in [-0.05, 0) is 19.9 Å². The Morgan fingerprint density at radius 2 is 2.00 bits per heavy atom. The van der Waals surface area contributed by atoms with E-state index in [9.17, 15) is 13.2 Å². The highest BCUT2D eigenvalue weighted by atomic mass is 35.5. The van der Waals surface area contributed by atoms with Crippen LogP contribution in [-0.4, -0.2) is 11.1 Å². The van der Waals surface area contributed by atoms with Crippen LogP contribution in [0.4, 0.5) is 19.0 Å². The number of pyridine rings is 1. The minimum absolute atomic E-state index is 0.190.